The minimum Gasteiger partial charge on any atom is -0.508 e. The van der Waals surface area contributed by atoms with Crippen molar-refractivity contribution in [1.82, 2.24) is 9.80 Å². The van der Waals surface area contributed by atoms with Crippen molar-refractivity contribution < 1.29 is 23.8 Å². The number of carbonyl (C=O) groups excluding carboxylic acids is 1. The summed E-state index contributed by atoms with van der Waals surface area (Å²) in [6, 6.07) is 5.73. The molecule has 1 saturated heterocycles. The van der Waals surface area contributed by atoms with Crippen molar-refractivity contribution in [2.75, 3.05) is 39.4 Å². The van der Waals surface area contributed by atoms with Crippen LogP contribution in [0.5, 0.6) is 5.75 Å². The van der Waals surface area contributed by atoms with Crippen LogP contribution in [0.15, 0.2) is 71.1 Å². The molecular formula is C35H45FN2O4. The molecular weight excluding hydrogens is 531 g/mol. The van der Waals surface area contributed by atoms with Gasteiger partial charge >= 0.3 is 6.09 Å². The van der Waals surface area contributed by atoms with Gasteiger partial charge in [-0.1, -0.05) is 30.4 Å². The lowest BCUT2D eigenvalue weighted by molar-refractivity contribution is 0.0266. The van der Waals surface area contributed by atoms with E-state index in [1.165, 1.54) is 16.7 Å². The molecule has 42 heavy (non-hydrogen) atoms. The minimum absolute atomic E-state index is 0.135. The first kappa shape index (κ1) is 30.1. The number of rotatable bonds is 7. The standard InChI is InChI=1S/C35H45FN2O4/c1-35(2,3)42-34(40)38-21-15-25(16-22-38)31-10-5-8-27-23-28(39)12-14-32(27)33(31)26-7-4-9-29(13-11-26)41-30-17-20-37(24-30)19-6-18-36/h4,7,11-15,23,30,39H,5-6,8-10,16-22,24H2,1-3H3/t30-/m0/s1. The summed E-state index contributed by atoms with van der Waals surface area (Å²) in [4.78, 5) is 16.8. The molecule has 2 heterocycles. The molecule has 2 aliphatic heterocycles. The number of allylic oxidation sites excluding steroid dienone is 7. The Balaban J connectivity index is 1.43. The van der Waals surface area contributed by atoms with E-state index in [-0.39, 0.29) is 18.9 Å². The normalized spacial score (nSPS) is 21.7. The number of phenols is 1. The fourth-order valence-electron chi connectivity index (χ4n) is 6.32. The Bertz CT molecular complexity index is 1320. The van der Waals surface area contributed by atoms with Gasteiger partial charge in [-0.05, 0) is 111 Å². The van der Waals surface area contributed by atoms with E-state index in [4.69, 9.17) is 9.47 Å². The van der Waals surface area contributed by atoms with Crippen LogP contribution in [0.4, 0.5) is 9.18 Å². The zero-order valence-corrected chi connectivity index (χ0v) is 25.3. The van der Waals surface area contributed by atoms with E-state index in [9.17, 15) is 14.3 Å². The molecule has 7 heteroatoms. The van der Waals surface area contributed by atoms with Crippen molar-refractivity contribution in [3.8, 4) is 5.75 Å². The predicted molar refractivity (Wildman–Crippen MR) is 165 cm³/mol. The van der Waals surface area contributed by atoms with E-state index in [1.54, 1.807) is 11.0 Å². The predicted octanol–water partition coefficient (Wildman–Crippen LogP) is 7.27. The number of benzene rings is 1. The van der Waals surface area contributed by atoms with E-state index in [0.29, 0.717) is 25.3 Å². The van der Waals surface area contributed by atoms with Crippen LogP contribution in [-0.4, -0.2) is 72.1 Å². The number of halogens is 1. The van der Waals surface area contributed by atoms with Crippen molar-refractivity contribution in [2.45, 2.75) is 77.4 Å². The van der Waals surface area contributed by atoms with Gasteiger partial charge in [0.25, 0.3) is 0 Å². The maximum absolute atomic E-state index is 12.7. The third kappa shape index (κ3) is 7.54. The number of ether oxygens (including phenoxy) is 2. The molecule has 0 bridgehead atoms. The summed E-state index contributed by atoms with van der Waals surface area (Å²) in [5, 5.41) is 10.3. The largest absolute Gasteiger partial charge is 0.508 e. The highest BCUT2D eigenvalue weighted by Crippen LogP contribution is 2.41. The Hall–Kier alpha value is -3.32. The van der Waals surface area contributed by atoms with Crippen molar-refractivity contribution in [1.29, 1.82) is 0 Å². The SMILES string of the molecule is CC(C)(C)OC(=O)N1CC=C(C2=C(C3=CC=C(O[C@H]4CCN(CCCF)C4)CC=C3)c3ccc(O)cc3CCC2)CC1. The highest BCUT2D eigenvalue weighted by molar-refractivity contribution is 5.89. The van der Waals surface area contributed by atoms with Crippen LogP contribution in [0.25, 0.3) is 5.57 Å². The maximum atomic E-state index is 12.7. The number of phenolic OH excluding ortho intramolecular Hbond substituents is 1. The number of aryl methyl sites for hydroxylation is 1. The van der Waals surface area contributed by atoms with Gasteiger partial charge in [-0.15, -0.1) is 0 Å². The first-order valence-electron chi connectivity index (χ1n) is 15.5. The Morgan fingerprint density at radius 2 is 2.00 bits per heavy atom. The second-order valence-electron chi connectivity index (χ2n) is 12.7. The summed E-state index contributed by atoms with van der Waals surface area (Å²) in [5.74, 6) is 1.24. The number of carbonyl (C=O) groups is 1. The van der Waals surface area contributed by atoms with Crippen LogP contribution < -0.4 is 0 Å². The van der Waals surface area contributed by atoms with Gasteiger partial charge < -0.3 is 19.5 Å². The van der Waals surface area contributed by atoms with E-state index in [2.05, 4.69) is 35.3 Å². The van der Waals surface area contributed by atoms with Gasteiger partial charge in [0.05, 0.1) is 6.67 Å². The molecule has 4 aliphatic rings. The van der Waals surface area contributed by atoms with Gasteiger partial charge in [0, 0.05) is 39.1 Å². The molecule has 1 N–H and O–H groups in total. The third-order valence-electron chi connectivity index (χ3n) is 8.29. The highest BCUT2D eigenvalue weighted by atomic mass is 19.1. The molecule has 0 spiro atoms. The lowest BCUT2D eigenvalue weighted by Gasteiger charge is -2.30. The van der Waals surface area contributed by atoms with Crippen LogP contribution in [0.2, 0.25) is 0 Å². The van der Waals surface area contributed by atoms with Gasteiger partial charge in [-0.2, -0.15) is 0 Å². The van der Waals surface area contributed by atoms with Crippen LogP contribution in [0.3, 0.4) is 0 Å². The lowest BCUT2D eigenvalue weighted by Crippen LogP contribution is -2.39. The molecule has 1 fully saturated rings. The Kier molecular flexibility index (Phi) is 9.57. The Morgan fingerprint density at radius 1 is 1.14 bits per heavy atom. The Labute approximate surface area is 249 Å². The van der Waals surface area contributed by atoms with Crippen LogP contribution in [0, 0.1) is 0 Å². The summed E-state index contributed by atoms with van der Waals surface area (Å²) in [7, 11) is 0. The van der Waals surface area contributed by atoms with Crippen molar-refractivity contribution in [3.63, 3.8) is 0 Å². The zero-order chi connectivity index (χ0) is 29.7. The van der Waals surface area contributed by atoms with Gasteiger partial charge in [0.2, 0.25) is 0 Å². The number of likely N-dealkylation sites (tertiary alicyclic amines) is 1. The smallest absolute Gasteiger partial charge is 0.410 e. The minimum atomic E-state index is -0.520. The average molecular weight is 577 g/mol. The van der Waals surface area contributed by atoms with Crippen LogP contribution >= 0.6 is 0 Å². The van der Waals surface area contributed by atoms with Crippen LogP contribution in [0.1, 0.15) is 70.4 Å². The molecule has 1 aromatic carbocycles. The average Bonchev–Trinajstić information content (AvgIpc) is 3.15. The van der Waals surface area contributed by atoms with E-state index in [1.807, 2.05) is 32.9 Å². The van der Waals surface area contributed by atoms with Gasteiger partial charge in [-0.25, -0.2) is 4.79 Å². The lowest BCUT2D eigenvalue weighted by atomic mass is 9.85. The molecule has 1 aromatic rings. The monoisotopic (exact) mass is 576 g/mol. The van der Waals surface area contributed by atoms with E-state index < -0.39 is 5.60 Å². The topological polar surface area (TPSA) is 62.2 Å². The van der Waals surface area contributed by atoms with Crippen molar-refractivity contribution in [3.05, 3.63) is 82.2 Å². The fraction of sp³-hybridized carbons (Fsp3) is 0.514. The molecule has 0 radical (unpaired) electrons. The van der Waals surface area contributed by atoms with Crippen molar-refractivity contribution >= 4 is 11.7 Å². The molecule has 226 valence electrons. The maximum Gasteiger partial charge on any atom is 0.410 e. The molecule has 0 aromatic heterocycles. The van der Waals surface area contributed by atoms with E-state index in [0.717, 1.165) is 80.6 Å². The number of amides is 1. The number of hydrogen-bond donors (Lipinski definition) is 1. The first-order valence-corrected chi connectivity index (χ1v) is 15.5. The summed E-state index contributed by atoms with van der Waals surface area (Å²) in [6.07, 6.45) is 16.6. The third-order valence-corrected chi connectivity index (χ3v) is 8.29. The summed E-state index contributed by atoms with van der Waals surface area (Å²) >= 11 is 0. The van der Waals surface area contributed by atoms with Crippen molar-refractivity contribution in [2.24, 2.45) is 0 Å². The fourth-order valence-corrected chi connectivity index (χ4v) is 6.32. The number of nitrogens with zero attached hydrogens (tertiary/aromatic N) is 2. The molecule has 1 atom stereocenters. The van der Waals surface area contributed by atoms with Gasteiger partial charge in [-0.3, -0.25) is 9.29 Å². The number of hydrogen-bond acceptors (Lipinski definition) is 5. The van der Waals surface area contributed by atoms with Gasteiger partial charge in [0.15, 0.2) is 0 Å². The molecule has 2 aliphatic carbocycles. The summed E-state index contributed by atoms with van der Waals surface area (Å²) in [6.45, 7) is 9.14. The second-order valence-corrected chi connectivity index (χ2v) is 12.7. The molecule has 0 unspecified atom stereocenters. The number of aromatic hydroxyl groups is 1. The highest BCUT2D eigenvalue weighted by Gasteiger charge is 2.28. The molecule has 6 nitrogen and oxygen atoms in total. The number of fused-ring (bicyclic) bond motifs is 1. The van der Waals surface area contributed by atoms with Crippen LogP contribution in [-0.2, 0) is 15.9 Å². The summed E-state index contributed by atoms with van der Waals surface area (Å²) < 4.78 is 24.7. The number of alkyl halides is 1. The quantitative estimate of drug-likeness (QED) is 0.370. The zero-order valence-electron chi connectivity index (χ0n) is 25.3. The summed E-state index contributed by atoms with van der Waals surface area (Å²) in [5.41, 5.74) is 6.72. The second kappa shape index (κ2) is 13.3. The molecule has 5 rings (SSSR count). The van der Waals surface area contributed by atoms with Gasteiger partial charge in [0.1, 0.15) is 23.2 Å². The molecule has 1 amide bonds. The molecule has 0 saturated carbocycles. The Morgan fingerprint density at radius 3 is 2.76 bits per heavy atom. The van der Waals surface area contributed by atoms with E-state index >= 15 is 0 Å². The first-order chi connectivity index (χ1) is 20.2.